The lowest BCUT2D eigenvalue weighted by Gasteiger charge is -2.30. The van der Waals surface area contributed by atoms with Gasteiger partial charge in [-0.25, -0.2) is 9.97 Å². The zero-order valence-corrected chi connectivity index (χ0v) is 17.7. The number of ether oxygens (including phenoxy) is 1. The Hall–Kier alpha value is -0.890. The number of nitrogens with one attached hydrogen (secondary N) is 2. The van der Waals surface area contributed by atoms with Gasteiger partial charge in [0.15, 0.2) is 5.16 Å². The molecule has 0 atom stereocenters. The fourth-order valence-electron chi connectivity index (χ4n) is 2.95. The lowest BCUT2D eigenvalue weighted by molar-refractivity contribution is -0.856. The van der Waals surface area contributed by atoms with Gasteiger partial charge in [-0.05, 0) is 19.4 Å². The molecule has 3 heterocycles. The summed E-state index contributed by atoms with van der Waals surface area (Å²) in [6, 6.07) is 0. The van der Waals surface area contributed by atoms with Crippen molar-refractivity contribution >= 4 is 39.1 Å². The Balaban J connectivity index is 2.03. The summed E-state index contributed by atoms with van der Waals surface area (Å²) in [5.41, 5.74) is 1.24. The van der Waals surface area contributed by atoms with E-state index in [1.54, 1.807) is 23.1 Å². The van der Waals surface area contributed by atoms with Crippen LogP contribution in [0.15, 0.2) is 5.16 Å². The number of thioether (sulfide) groups is 1. The van der Waals surface area contributed by atoms with E-state index in [1.807, 2.05) is 0 Å². The molecular weight excluding hydrogens is 352 g/mol. The molecule has 0 aliphatic carbocycles. The first-order chi connectivity index (χ1) is 11.7. The van der Waals surface area contributed by atoms with E-state index in [0.29, 0.717) is 11.9 Å². The summed E-state index contributed by atoms with van der Waals surface area (Å²) in [5, 5.41) is 6.11. The summed E-state index contributed by atoms with van der Waals surface area (Å²) in [6.07, 6.45) is 0.913. The number of aromatic nitrogens is 2. The van der Waals surface area contributed by atoms with Crippen molar-refractivity contribution in [1.82, 2.24) is 9.97 Å². The Morgan fingerprint density at radius 3 is 2.76 bits per heavy atom. The van der Waals surface area contributed by atoms with E-state index in [1.165, 1.54) is 20.7 Å². The highest BCUT2D eigenvalue weighted by Gasteiger charge is 2.31. The molecule has 3 rings (SSSR count). The minimum Gasteiger partial charge on any atom is -0.370 e. The quantitative estimate of drug-likeness (QED) is 0.595. The summed E-state index contributed by atoms with van der Waals surface area (Å²) in [5.74, 6) is 0.990. The number of thiophene rings is 1. The minimum atomic E-state index is -0.128. The number of quaternary nitrogens is 1. The smallest absolute Gasteiger partial charge is 0.191 e. The van der Waals surface area contributed by atoms with Gasteiger partial charge in [-0.3, -0.25) is 0 Å². The van der Waals surface area contributed by atoms with Crippen LogP contribution in [0.3, 0.4) is 0 Å². The van der Waals surface area contributed by atoms with E-state index in [2.05, 4.69) is 47.1 Å². The molecule has 0 fully saturated rings. The van der Waals surface area contributed by atoms with Crippen LogP contribution in [0.1, 0.15) is 38.1 Å². The van der Waals surface area contributed by atoms with Crippen LogP contribution in [-0.4, -0.2) is 48.0 Å². The van der Waals surface area contributed by atoms with Gasteiger partial charge in [-0.2, -0.15) is 0 Å². The number of hydrogen-bond acceptors (Lipinski definition) is 6. The summed E-state index contributed by atoms with van der Waals surface area (Å²) in [4.78, 5) is 13.5. The van der Waals surface area contributed by atoms with E-state index in [9.17, 15) is 0 Å². The highest BCUT2D eigenvalue weighted by molar-refractivity contribution is 7.99. The predicted octanol–water partition coefficient (Wildman–Crippen LogP) is 2.60. The van der Waals surface area contributed by atoms with E-state index in [4.69, 9.17) is 14.7 Å². The second kappa shape index (κ2) is 7.39. The molecule has 0 saturated heterocycles. The van der Waals surface area contributed by atoms with Crippen LogP contribution in [0, 0.1) is 0 Å². The second-order valence-corrected chi connectivity index (χ2v) is 10.4. The Morgan fingerprint density at radius 2 is 2.08 bits per heavy atom. The first-order valence-electron chi connectivity index (χ1n) is 8.91. The summed E-state index contributed by atoms with van der Waals surface area (Å²) in [7, 11) is 4.34. The molecule has 7 heteroatoms. The van der Waals surface area contributed by atoms with Crippen molar-refractivity contribution in [3.8, 4) is 0 Å². The number of likely N-dealkylation sites (N-methyl/N-ethyl adjacent to an activating group) is 1. The highest BCUT2D eigenvalue weighted by atomic mass is 32.2. The molecule has 25 heavy (non-hydrogen) atoms. The average molecular weight is 382 g/mol. The van der Waals surface area contributed by atoms with Gasteiger partial charge in [-0.15, -0.1) is 11.3 Å². The molecular formula is C18H29N4OS2+. The number of fused-ring (bicyclic) bond motifs is 3. The van der Waals surface area contributed by atoms with Gasteiger partial charge in [-0.1, -0.05) is 25.6 Å². The third-order valence-corrected chi connectivity index (χ3v) is 6.13. The standard InChI is InChI=1S/C18H28N4OS2/c1-11(2)24-17-20-15(19-7-8-22(5)6)14-12-9-18(3,4)23-10-13(12)25-16(14)21-17/h11H,7-10H2,1-6H3,(H,19,20,21)/p+1. The maximum atomic E-state index is 6.00. The van der Waals surface area contributed by atoms with Crippen molar-refractivity contribution in [1.29, 1.82) is 0 Å². The summed E-state index contributed by atoms with van der Waals surface area (Å²) in [6.45, 7) is 11.3. The molecule has 1 aliphatic heterocycles. The lowest BCUT2D eigenvalue weighted by atomic mass is 9.94. The largest absolute Gasteiger partial charge is 0.370 e. The third kappa shape index (κ3) is 4.45. The molecule has 0 bridgehead atoms. The molecule has 0 amide bonds. The average Bonchev–Trinajstić information content (AvgIpc) is 2.82. The molecule has 2 aromatic heterocycles. The van der Waals surface area contributed by atoms with Gasteiger partial charge in [0.05, 0.1) is 44.8 Å². The SMILES string of the molecule is CC(C)Sc1nc(NCC[NH+](C)C)c2c3c(sc2n1)COC(C)(C)C3. The first-order valence-corrected chi connectivity index (χ1v) is 10.6. The molecule has 0 saturated carbocycles. The third-order valence-electron chi connectivity index (χ3n) is 4.17. The van der Waals surface area contributed by atoms with Crippen LogP contribution < -0.4 is 10.2 Å². The van der Waals surface area contributed by atoms with Gasteiger partial charge in [0.25, 0.3) is 0 Å². The van der Waals surface area contributed by atoms with E-state index in [-0.39, 0.29) is 5.60 Å². The Kier molecular flexibility index (Phi) is 5.58. The van der Waals surface area contributed by atoms with Crippen LogP contribution in [0.2, 0.25) is 0 Å². The molecule has 2 N–H and O–H groups in total. The van der Waals surface area contributed by atoms with Gasteiger partial charge in [0.1, 0.15) is 10.6 Å². The van der Waals surface area contributed by atoms with E-state index < -0.39 is 0 Å². The van der Waals surface area contributed by atoms with Crippen LogP contribution in [-0.2, 0) is 17.8 Å². The van der Waals surface area contributed by atoms with Gasteiger partial charge < -0.3 is 15.0 Å². The highest BCUT2D eigenvalue weighted by Crippen LogP contribution is 2.41. The zero-order valence-electron chi connectivity index (χ0n) is 16.0. The lowest BCUT2D eigenvalue weighted by Crippen LogP contribution is -3.06. The topological polar surface area (TPSA) is 51.5 Å². The van der Waals surface area contributed by atoms with Crippen LogP contribution in [0.25, 0.3) is 10.2 Å². The fourth-order valence-corrected chi connectivity index (χ4v) is 4.82. The van der Waals surface area contributed by atoms with Crippen LogP contribution in [0.5, 0.6) is 0 Å². The van der Waals surface area contributed by atoms with Crippen molar-refractivity contribution in [2.75, 3.05) is 32.5 Å². The van der Waals surface area contributed by atoms with E-state index >= 15 is 0 Å². The monoisotopic (exact) mass is 381 g/mol. The Labute approximate surface area is 158 Å². The molecule has 138 valence electrons. The van der Waals surface area contributed by atoms with Crippen molar-refractivity contribution < 1.29 is 9.64 Å². The second-order valence-electron chi connectivity index (χ2n) is 7.81. The maximum Gasteiger partial charge on any atom is 0.191 e. The summed E-state index contributed by atoms with van der Waals surface area (Å²) >= 11 is 3.48. The van der Waals surface area contributed by atoms with Crippen LogP contribution in [0.4, 0.5) is 5.82 Å². The molecule has 0 spiro atoms. The van der Waals surface area contributed by atoms with Crippen molar-refractivity contribution in [3.63, 3.8) is 0 Å². The maximum absolute atomic E-state index is 6.00. The molecule has 0 aromatic carbocycles. The first kappa shape index (κ1) is 18.9. The van der Waals surface area contributed by atoms with Gasteiger partial charge >= 0.3 is 0 Å². The van der Waals surface area contributed by atoms with Gasteiger partial charge in [0.2, 0.25) is 0 Å². The molecule has 2 aromatic rings. The minimum absolute atomic E-state index is 0.128. The van der Waals surface area contributed by atoms with E-state index in [0.717, 1.165) is 35.3 Å². The fraction of sp³-hybridized carbons (Fsp3) is 0.667. The number of hydrogen-bond donors (Lipinski definition) is 2. The predicted molar refractivity (Wildman–Crippen MR) is 107 cm³/mol. The molecule has 5 nitrogen and oxygen atoms in total. The zero-order chi connectivity index (χ0) is 18.2. The number of rotatable bonds is 6. The number of nitrogens with zero attached hydrogens (tertiary/aromatic N) is 2. The molecule has 1 aliphatic rings. The Bertz CT molecular complexity index is 755. The van der Waals surface area contributed by atoms with Crippen molar-refractivity contribution in [3.05, 3.63) is 10.4 Å². The normalized spacial score (nSPS) is 16.6. The Morgan fingerprint density at radius 1 is 1.32 bits per heavy atom. The van der Waals surface area contributed by atoms with Gasteiger partial charge in [0, 0.05) is 16.5 Å². The summed E-state index contributed by atoms with van der Waals surface area (Å²) < 4.78 is 6.00. The van der Waals surface area contributed by atoms with Crippen molar-refractivity contribution in [2.24, 2.45) is 0 Å². The number of anilines is 1. The molecule has 0 radical (unpaired) electrons. The van der Waals surface area contributed by atoms with Crippen LogP contribution >= 0.6 is 23.1 Å². The molecule has 0 unspecified atom stereocenters. The van der Waals surface area contributed by atoms with Crippen molar-refractivity contribution in [2.45, 2.75) is 56.7 Å².